The largest absolute Gasteiger partial charge is 0.333 e. The molecule has 10 heteroatoms. The molecule has 3 aromatic rings. The second-order valence-corrected chi connectivity index (χ2v) is 13.7. The zero-order valence-electron chi connectivity index (χ0n) is 25.5. The molecule has 3 aromatic carbocycles. The van der Waals surface area contributed by atoms with Gasteiger partial charge in [-0.1, -0.05) is 85.2 Å². The molecule has 0 saturated carbocycles. The Morgan fingerprint density at radius 2 is 1.82 bits per heavy atom. The number of hydrogen-bond acceptors (Lipinski definition) is 6. The van der Waals surface area contributed by atoms with E-state index in [1.54, 1.807) is 30.0 Å². The highest BCUT2D eigenvalue weighted by atomic mass is 32.2. The van der Waals surface area contributed by atoms with Gasteiger partial charge in [0.25, 0.3) is 11.8 Å². The second kappa shape index (κ2) is 14.8. The second-order valence-electron chi connectivity index (χ2n) is 11.7. The molecule has 0 radical (unpaired) electrons. The fourth-order valence-corrected chi connectivity index (χ4v) is 7.50. The molecule has 4 rings (SSSR count). The summed E-state index contributed by atoms with van der Waals surface area (Å²) in [5.74, 6) is 0.675. The van der Waals surface area contributed by atoms with Crippen molar-refractivity contribution < 1.29 is 28.0 Å². The Hall–Kier alpha value is -3.75. The number of terminal acetylenes is 1. The molecule has 44 heavy (non-hydrogen) atoms. The number of hydrogen-bond donors (Lipinski definition) is 3. The molecule has 1 aliphatic rings. The Morgan fingerprint density at radius 3 is 2.48 bits per heavy atom. The molecule has 0 spiro atoms. The molecule has 1 heterocycles. The lowest BCUT2D eigenvalue weighted by Gasteiger charge is -2.39. The fraction of sp³-hybridized carbons (Fsp3) is 0.412. The van der Waals surface area contributed by atoms with E-state index in [0.29, 0.717) is 32.5 Å². The molecule has 0 bridgehead atoms. The van der Waals surface area contributed by atoms with Gasteiger partial charge in [0.15, 0.2) is 9.84 Å². The van der Waals surface area contributed by atoms with E-state index in [-0.39, 0.29) is 23.6 Å². The Kier molecular flexibility index (Phi) is 11.2. The third kappa shape index (κ3) is 8.24. The molecule has 1 saturated heterocycles. The zero-order valence-corrected chi connectivity index (χ0v) is 26.3. The van der Waals surface area contributed by atoms with Crippen LogP contribution in [0, 0.1) is 18.3 Å². The van der Waals surface area contributed by atoms with Gasteiger partial charge in [0.2, 0.25) is 6.04 Å². The minimum atomic E-state index is -3.77. The van der Waals surface area contributed by atoms with Gasteiger partial charge < -0.3 is 10.2 Å². The molecule has 1 fully saturated rings. The van der Waals surface area contributed by atoms with E-state index in [1.165, 1.54) is 0 Å². The lowest BCUT2D eigenvalue weighted by atomic mass is 10.1. The smallest absolute Gasteiger partial charge is 0.287 e. The van der Waals surface area contributed by atoms with Crippen LogP contribution in [-0.4, -0.2) is 72.6 Å². The molecule has 4 atom stereocenters. The predicted molar refractivity (Wildman–Crippen MR) is 171 cm³/mol. The molecule has 234 valence electrons. The van der Waals surface area contributed by atoms with Crippen LogP contribution in [0.2, 0.25) is 0 Å². The molecule has 3 N–H and O–H groups in total. The topological polar surface area (TPSA) is 116 Å². The molecule has 0 aromatic heterocycles. The monoisotopic (exact) mass is 619 g/mol. The summed E-state index contributed by atoms with van der Waals surface area (Å²) in [5, 5.41) is 17.1. The van der Waals surface area contributed by atoms with E-state index >= 15 is 0 Å². The Bertz CT molecular complexity index is 1580. The van der Waals surface area contributed by atoms with E-state index in [4.69, 9.17) is 6.42 Å². The molecule has 1 aliphatic heterocycles. The summed E-state index contributed by atoms with van der Waals surface area (Å²) in [7, 11) is -3.77. The first-order chi connectivity index (χ1) is 21.1. The van der Waals surface area contributed by atoms with Crippen LogP contribution in [-0.2, 0) is 26.0 Å². The average Bonchev–Trinajstić information content (AvgIpc) is 3.55. The summed E-state index contributed by atoms with van der Waals surface area (Å²) in [6.07, 6.45) is 7.64. The van der Waals surface area contributed by atoms with Crippen LogP contribution in [0.4, 0.5) is 0 Å². The minimum Gasteiger partial charge on any atom is -0.333 e. The van der Waals surface area contributed by atoms with Gasteiger partial charge in [0.05, 0.1) is 23.1 Å². The first kappa shape index (κ1) is 33.1. The van der Waals surface area contributed by atoms with E-state index < -0.39 is 44.4 Å². The number of hydroxylamine groups is 2. The zero-order chi connectivity index (χ0) is 31.7. The van der Waals surface area contributed by atoms with Crippen molar-refractivity contribution in [3.05, 3.63) is 78.4 Å². The van der Waals surface area contributed by atoms with Crippen molar-refractivity contribution in [2.45, 2.75) is 63.1 Å². The maximum atomic E-state index is 14.2. The van der Waals surface area contributed by atoms with Crippen molar-refractivity contribution in [2.75, 3.05) is 25.4 Å². The minimum absolute atomic E-state index is 0.160. The summed E-state index contributed by atoms with van der Waals surface area (Å²) in [6, 6.07) is 20.2. The van der Waals surface area contributed by atoms with Crippen LogP contribution in [0.1, 0.15) is 45.1 Å². The van der Waals surface area contributed by atoms with Gasteiger partial charge in [-0.15, -0.1) is 6.42 Å². The lowest BCUT2D eigenvalue weighted by molar-refractivity contribution is -1.14. The van der Waals surface area contributed by atoms with Crippen molar-refractivity contribution >= 4 is 32.4 Å². The molecule has 2 amide bonds. The van der Waals surface area contributed by atoms with Crippen LogP contribution in [0.15, 0.2) is 77.7 Å². The number of fused-ring (bicyclic) bond motifs is 1. The standard InChI is InChI=1S/C34H42N4O5S/c1-4-12-32(34(40)37(21-5-2)23-27-13-7-6-8-14-27)38(41,36-33(39)31-17-11-20-35-31)24-26(3)25-44(42,43)30-19-18-28-15-9-10-16-29(28)22-30/h1,6-10,13-16,18-19,22,26,31-32,35,41H,5,11-12,17,20-21,23-25H2,2-3H3/p+1/t26-,31?,32?,38?/m1/s1. The quantitative estimate of drug-likeness (QED) is 0.142. The van der Waals surface area contributed by atoms with Crippen molar-refractivity contribution in [1.29, 1.82) is 0 Å². The highest BCUT2D eigenvalue weighted by molar-refractivity contribution is 7.91. The predicted octanol–water partition coefficient (Wildman–Crippen LogP) is 4.07. The molecule has 9 nitrogen and oxygen atoms in total. The molecule has 0 aliphatic carbocycles. The first-order valence-electron chi connectivity index (χ1n) is 15.2. The SMILES string of the molecule is C#CCC(C(=O)N(CCC)Cc1ccccc1)[N+](O)(C[C@@H](C)CS(=O)(=O)c1ccc2ccccc2c1)NC(=O)C1CCCN1. The van der Waals surface area contributed by atoms with Gasteiger partial charge in [-0.25, -0.2) is 8.42 Å². The maximum absolute atomic E-state index is 14.2. The van der Waals surface area contributed by atoms with E-state index in [2.05, 4.69) is 16.7 Å². The van der Waals surface area contributed by atoms with Crippen LogP contribution >= 0.6 is 0 Å². The summed E-state index contributed by atoms with van der Waals surface area (Å²) >= 11 is 0. The van der Waals surface area contributed by atoms with Gasteiger partial charge in [-0.05, 0) is 54.3 Å². The summed E-state index contributed by atoms with van der Waals surface area (Å²) in [5.41, 5.74) is 3.61. The average molecular weight is 620 g/mol. The number of carbonyl (C=O) groups is 2. The number of sulfone groups is 1. The number of nitrogens with zero attached hydrogens (tertiary/aromatic N) is 2. The van der Waals surface area contributed by atoms with E-state index in [0.717, 1.165) is 22.8 Å². The highest BCUT2D eigenvalue weighted by Crippen LogP contribution is 2.24. The summed E-state index contributed by atoms with van der Waals surface area (Å²) in [6.45, 7) is 4.78. The van der Waals surface area contributed by atoms with Gasteiger partial charge in [-0.2, -0.15) is 10.6 Å². The van der Waals surface area contributed by atoms with Gasteiger partial charge in [0, 0.05) is 19.0 Å². The third-order valence-corrected chi connectivity index (χ3v) is 9.97. The van der Waals surface area contributed by atoms with Crippen LogP contribution in [0.25, 0.3) is 10.8 Å². The number of carbonyl (C=O) groups excluding carboxylic acids is 2. The summed E-state index contributed by atoms with van der Waals surface area (Å²) < 4.78 is 25.9. The normalized spacial score (nSPS) is 17.7. The van der Waals surface area contributed by atoms with Crippen molar-refractivity contribution in [3.8, 4) is 12.3 Å². The van der Waals surface area contributed by atoms with E-state index in [1.807, 2.05) is 61.5 Å². The number of amides is 2. The van der Waals surface area contributed by atoms with Crippen LogP contribution < -0.4 is 10.7 Å². The van der Waals surface area contributed by atoms with Crippen molar-refractivity contribution in [1.82, 2.24) is 15.6 Å². The van der Waals surface area contributed by atoms with Crippen LogP contribution in [0.5, 0.6) is 0 Å². The lowest BCUT2D eigenvalue weighted by Crippen LogP contribution is -2.70. The number of benzene rings is 3. The maximum Gasteiger partial charge on any atom is 0.287 e. The Labute approximate surface area is 260 Å². The molecule has 3 unspecified atom stereocenters. The molecular weight excluding hydrogens is 576 g/mol. The van der Waals surface area contributed by atoms with Gasteiger partial charge in [-0.3, -0.25) is 9.59 Å². The Balaban J connectivity index is 1.63. The number of quaternary nitrogens is 1. The number of rotatable bonds is 14. The van der Waals surface area contributed by atoms with Crippen LogP contribution in [0.3, 0.4) is 0 Å². The third-order valence-electron chi connectivity index (χ3n) is 7.99. The Morgan fingerprint density at radius 1 is 1.11 bits per heavy atom. The number of nitrogens with one attached hydrogen (secondary N) is 2. The highest BCUT2D eigenvalue weighted by Gasteiger charge is 2.47. The fourth-order valence-electron chi connectivity index (χ4n) is 5.87. The van der Waals surface area contributed by atoms with Gasteiger partial charge >= 0.3 is 0 Å². The molecular formula is C34H43N4O5S+. The van der Waals surface area contributed by atoms with Crippen molar-refractivity contribution in [3.63, 3.8) is 0 Å². The van der Waals surface area contributed by atoms with Gasteiger partial charge in [0.1, 0.15) is 6.54 Å². The first-order valence-corrected chi connectivity index (χ1v) is 16.8. The van der Waals surface area contributed by atoms with E-state index in [9.17, 15) is 23.2 Å². The summed E-state index contributed by atoms with van der Waals surface area (Å²) in [4.78, 5) is 29.3. The van der Waals surface area contributed by atoms with Crippen molar-refractivity contribution in [2.24, 2.45) is 5.92 Å².